The average Bonchev–Trinajstić information content (AvgIpc) is 4.13. The van der Waals surface area contributed by atoms with E-state index in [1.807, 2.05) is 0 Å². The lowest BCUT2D eigenvalue weighted by Crippen LogP contribution is -2.36. The molecule has 1 saturated heterocycles. The van der Waals surface area contributed by atoms with E-state index in [0.29, 0.717) is 13.2 Å². The molecule has 0 saturated carbocycles. The Labute approximate surface area is 333 Å². The maximum Gasteiger partial charge on any atom is 0.186 e. The van der Waals surface area contributed by atoms with Gasteiger partial charge in [-0.05, 0) is 58.7 Å². The van der Waals surface area contributed by atoms with Crippen molar-refractivity contribution in [2.45, 2.75) is 0 Å². The molecule has 2 N–H and O–H groups in total. The van der Waals surface area contributed by atoms with Crippen molar-refractivity contribution in [3.8, 4) is 22.3 Å². The molecule has 8 bridgehead atoms. The zero-order valence-electron chi connectivity index (χ0n) is 30.9. The van der Waals surface area contributed by atoms with Gasteiger partial charge in [-0.25, -0.2) is 15.0 Å². The lowest BCUT2D eigenvalue weighted by Gasteiger charge is -2.25. The van der Waals surface area contributed by atoms with Gasteiger partial charge in [0, 0.05) is 40.9 Å². The molecule has 11 rings (SSSR count). The molecule has 4 aromatic heterocycles. The van der Waals surface area contributed by atoms with Gasteiger partial charge in [-0.2, -0.15) is 0 Å². The van der Waals surface area contributed by atoms with Crippen LogP contribution in [-0.4, -0.2) is 51.2 Å². The van der Waals surface area contributed by atoms with Gasteiger partial charge in [-0.3, -0.25) is 0 Å². The van der Waals surface area contributed by atoms with Crippen LogP contribution in [0.15, 0.2) is 146 Å². The van der Waals surface area contributed by atoms with Gasteiger partial charge in [0.1, 0.15) is 5.52 Å². The summed E-state index contributed by atoms with van der Waals surface area (Å²) in [5.41, 5.74) is 16.9. The Bertz CT molecular complexity index is 3030. The summed E-state index contributed by atoms with van der Waals surface area (Å²) in [6.07, 6.45) is 4.42. The summed E-state index contributed by atoms with van der Waals surface area (Å²) in [5, 5.41) is 0.956. The second kappa shape index (κ2) is 14.0. The Balaban J connectivity index is 1.31. The van der Waals surface area contributed by atoms with Crippen LogP contribution >= 0.6 is 11.3 Å². The molecule has 8 heteroatoms. The number of ether oxygens (including phenoxy) is 1. The van der Waals surface area contributed by atoms with Crippen LogP contribution in [0.2, 0.25) is 0 Å². The number of hydrogen-bond donors (Lipinski definition) is 2. The molecule has 274 valence electrons. The minimum absolute atomic E-state index is 0.669. The van der Waals surface area contributed by atoms with E-state index in [4.69, 9.17) is 19.7 Å². The third-order valence-corrected chi connectivity index (χ3v) is 12.0. The summed E-state index contributed by atoms with van der Waals surface area (Å²) in [4.78, 5) is 26.4. The van der Waals surface area contributed by atoms with E-state index >= 15 is 0 Å². The second-order valence-electron chi connectivity index (χ2n) is 14.4. The zero-order chi connectivity index (χ0) is 37.7. The number of morpholine rings is 1. The van der Waals surface area contributed by atoms with Gasteiger partial charge in [0.25, 0.3) is 0 Å². The van der Waals surface area contributed by atoms with Crippen molar-refractivity contribution in [3.05, 3.63) is 179 Å². The number of H-pyrrole nitrogens is 2. The van der Waals surface area contributed by atoms with Gasteiger partial charge in [-0.15, -0.1) is 0 Å². The number of aromatic nitrogens is 5. The average molecular weight is 757 g/mol. The molecule has 0 amide bonds. The fourth-order valence-corrected chi connectivity index (χ4v) is 9.16. The molecule has 0 atom stereocenters. The monoisotopic (exact) mass is 756 g/mol. The maximum atomic E-state index is 5.78. The van der Waals surface area contributed by atoms with Crippen LogP contribution in [0.4, 0.5) is 5.13 Å². The second-order valence-corrected chi connectivity index (χ2v) is 15.4. The summed E-state index contributed by atoms with van der Waals surface area (Å²) in [5.74, 6) is 0. The van der Waals surface area contributed by atoms with E-state index < -0.39 is 0 Å². The fourth-order valence-electron chi connectivity index (χ4n) is 8.03. The maximum absolute atomic E-state index is 5.78. The quantitative estimate of drug-likeness (QED) is 0.183. The van der Waals surface area contributed by atoms with Crippen LogP contribution < -0.4 is 4.90 Å². The van der Waals surface area contributed by atoms with Gasteiger partial charge < -0.3 is 19.6 Å². The van der Waals surface area contributed by atoms with Crippen LogP contribution in [0.3, 0.4) is 0 Å². The van der Waals surface area contributed by atoms with Crippen molar-refractivity contribution in [1.82, 2.24) is 24.9 Å². The number of thiazole rings is 1. The molecule has 0 unspecified atom stereocenters. The number of nitrogens with zero attached hydrogens (tertiary/aromatic N) is 4. The first-order valence-electron chi connectivity index (χ1n) is 19.3. The SMILES string of the molecule is C1=C(c2ccccc2)c2ccc3[nH]c(cc3-c3ccccc3)c3nc(c4nc(N5CCOCC5)sc4c4[nH]c(cc4-c4ccccc4)c1n2)C(c1ccccc1)=C3. The topological polar surface area (TPSA) is 82.7 Å². The van der Waals surface area contributed by atoms with Crippen LogP contribution in [0.1, 0.15) is 33.9 Å². The number of benzene rings is 4. The molecule has 3 aliphatic rings. The first-order valence-corrected chi connectivity index (χ1v) is 20.1. The van der Waals surface area contributed by atoms with E-state index in [1.54, 1.807) is 11.3 Å². The lowest BCUT2D eigenvalue weighted by molar-refractivity contribution is 0.122. The van der Waals surface area contributed by atoms with Gasteiger partial charge in [0.15, 0.2) is 5.13 Å². The minimum atomic E-state index is 0.669. The largest absolute Gasteiger partial charge is 0.378 e. The minimum Gasteiger partial charge on any atom is -0.378 e. The Morgan fingerprint density at radius 1 is 0.526 bits per heavy atom. The highest BCUT2D eigenvalue weighted by atomic mass is 32.1. The highest BCUT2D eigenvalue weighted by molar-refractivity contribution is 7.23. The molecule has 8 aromatic rings. The number of anilines is 1. The van der Waals surface area contributed by atoms with Crippen LogP contribution in [0, 0.1) is 0 Å². The predicted molar refractivity (Wildman–Crippen MR) is 235 cm³/mol. The fraction of sp³-hybridized carbons (Fsp3) is 0.0816. The first kappa shape index (κ1) is 33.5. The summed E-state index contributed by atoms with van der Waals surface area (Å²) in [6, 6.07) is 50.9. The Kier molecular flexibility index (Phi) is 8.23. The molecular weight excluding hydrogens is 721 g/mol. The van der Waals surface area contributed by atoms with Crippen molar-refractivity contribution in [2.24, 2.45) is 0 Å². The Hall–Kier alpha value is -6.87. The number of rotatable bonds is 5. The molecule has 7 heterocycles. The molecule has 7 nitrogen and oxygen atoms in total. The number of fused-ring (bicyclic) bond motifs is 13. The molecule has 3 aliphatic heterocycles. The van der Waals surface area contributed by atoms with Crippen LogP contribution in [-0.2, 0) is 4.74 Å². The highest BCUT2D eigenvalue weighted by Crippen LogP contribution is 2.42. The van der Waals surface area contributed by atoms with E-state index in [1.165, 1.54) is 0 Å². The number of hydrogen-bond acceptors (Lipinski definition) is 6. The summed E-state index contributed by atoms with van der Waals surface area (Å²) < 4.78 is 6.81. The molecule has 57 heavy (non-hydrogen) atoms. The summed E-state index contributed by atoms with van der Waals surface area (Å²) in [6.45, 7) is 2.90. The molecular formula is C49H36N6OS. The Morgan fingerprint density at radius 3 is 1.77 bits per heavy atom. The van der Waals surface area contributed by atoms with Gasteiger partial charge in [-0.1, -0.05) is 133 Å². The normalized spacial score (nSPS) is 14.1. The number of nitrogens with one attached hydrogen (secondary N) is 2. The third-order valence-electron chi connectivity index (χ3n) is 10.9. The number of aromatic amines is 2. The Morgan fingerprint density at radius 2 is 1.09 bits per heavy atom. The highest BCUT2D eigenvalue weighted by Gasteiger charge is 2.25. The molecule has 0 radical (unpaired) electrons. The van der Waals surface area contributed by atoms with E-state index in [-0.39, 0.29) is 0 Å². The standard InChI is InChI=1S/C49H36N6OS/c1-5-13-31(14-6-1)35-27-41-43-29-37(33-17-9-3-10-18-33)45(52-43)47-48(57-49(54-47)55-23-25-56-26-24-55)46-38(34-19-11-4-12-20-34)30-44(53-46)42-28-36(32-15-7-2-8-16-32)40(51-42)22-21-39(35)50-41/h1-22,27-30,50,53H,23-26H2. The van der Waals surface area contributed by atoms with Crippen LogP contribution in [0.25, 0.3) is 77.8 Å². The van der Waals surface area contributed by atoms with Crippen LogP contribution in [0.5, 0.6) is 0 Å². The summed E-state index contributed by atoms with van der Waals surface area (Å²) in [7, 11) is 0. The van der Waals surface area contributed by atoms with Gasteiger partial charge in [0.2, 0.25) is 0 Å². The zero-order valence-corrected chi connectivity index (χ0v) is 31.8. The van der Waals surface area contributed by atoms with Crippen molar-refractivity contribution < 1.29 is 4.74 Å². The first-order chi connectivity index (χ1) is 28.2. The predicted octanol–water partition coefficient (Wildman–Crippen LogP) is 11.3. The molecule has 1 fully saturated rings. The van der Waals surface area contributed by atoms with Gasteiger partial charge >= 0.3 is 0 Å². The van der Waals surface area contributed by atoms with E-state index in [2.05, 4.69) is 173 Å². The van der Waals surface area contributed by atoms with Gasteiger partial charge in [0.05, 0.1) is 57.2 Å². The molecule has 0 aliphatic carbocycles. The van der Waals surface area contributed by atoms with E-state index in [0.717, 1.165) is 118 Å². The smallest absolute Gasteiger partial charge is 0.186 e. The van der Waals surface area contributed by atoms with Crippen molar-refractivity contribution in [1.29, 1.82) is 0 Å². The van der Waals surface area contributed by atoms with E-state index in [9.17, 15) is 0 Å². The summed E-state index contributed by atoms with van der Waals surface area (Å²) >= 11 is 1.71. The van der Waals surface area contributed by atoms with Crippen molar-refractivity contribution >= 4 is 72.1 Å². The van der Waals surface area contributed by atoms with Crippen molar-refractivity contribution in [3.63, 3.8) is 0 Å². The lowest BCUT2D eigenvalue weighted by atomic mass is 10.0. The molecule has 0 spiro atoms. The molecule has 4 aromatic carbocycles. The third kappa shape index (κ3) is 6.07. The van der Waals surface area contributed by atoms with Crippen molar-refractivity contribution in [2.75, 3.05) is 31.2 Å².